The van der Waals surface area contributed by atoms with Crippen molar-refractivity contribution >= 4 is 5.78 Å². The maximum atomic E-state index is 11.4. The minimum atomic E-state index is -0.667. The van der Waals surface area contributed by atoms with Crippen LogP contribution in [0.25, 0.3) is 0 Å². The summed E-state index contributed by atoms with van der Waals surface area (Å²) in [4.78, 5) is 11.4. The molecule has 0 spiro atoms. The smallest absolute Gasteiger partial charge is 0.161 e. The van der Waals surface area contributed by atoms with Gasteiger partial charge in [-0.05, 0) is 24.3 Å². The topological polar surface area (TPSA) is 57.5 Å². The molecule has 0 aromatic carbocycles. The Labute approximate surface area is 108 Å². The van der Waals surface area contributed by atoms with E-state index in [4.69, 9.17) is 0 Å². The third-order valence-electron chi connectivity index (χ3n) is 4.22. The third kappa shape index (κ3) is 2.90. The van der Waals surface area contributed by atoms with Gasteiger partial charge in [-0.15, -0.1) is 0 Å². The number of Topliss-reactive ketones (excluding diaryl/α,β-unsaturated/α-hetero) is 1. The summed E-state index contributed by atoms with van der Waals surface area (Å²) in [7, 11) is 0. The zero-order valence-electron chi connectivity index (χ0n) is 10.7. The van der Waals surface area contributed by atoms with Crippen LogP contribution in [0.5, 0.6) is 0 Å². The van der Waals surface area contributed by atoms with Gasteiger partial charge in [0.1, 0.15) is 0 Å². The molecule has 0 aromatic heterocycles. The van der Waals surface area contributed by atoms with Gasteiger partial charge in [0.15, 0.2) is 5.78 Å². The summed E-state index contributed by atoms with van der Waals surface area (Å²) in [5.74, 6) is -0.0439. The molecule has 0 bridgehead atoms. The first-order valence-electron chi connectivity index (χ1n) is 6.86. The van der Waals surface area contributed by atoms with E-state index in [1.807, 2.05) is 0 Å². The van der Waals surface area contributed by atoms with Crippen LogP contribution >= 0.6 is 0 Å². The van der Waals surface area contributed by atoms with Crippen LogP contribution in [-0.4, -0.2) is 28.2 Å². The molecule has 3 nitrogen and oxygen atoms in total. The van der Waals surface area contributed by atoms with E-state index < -0.39 is 12.2 Å². The van der Waals surface area contributed by atoms with E-state index >= 15 is 0 Å². The van der Waals surface area contributed by atoms with Crippen LogP contribution < -0.4 is 0 Å². The van der Waals surface area contributed by atoms with E-state index in [9.17, 15) is 15.0 Å². The summed E-state index contributed by atoms with van der Waals surface area (Å²) in [5, 5.41) is 19.8. The molecule has 18 heavy (non-hydrogen) atoms. The molecule has 3 atom stereocenters. The summed E-state index contributed by atoms with van der Waals surface area (Å²) >= 11 is 0. The summed E-state index contributed by atoms with van der Waals surface area (Å²) in [6.45, 7) is 3.72. The fourth-order valence-corrected chi connectivity index (χ4v) is 2.98. The van der Waals surface area contributed by atoms with Gasteiger partial charge in [0.2, 0.25) is 0 Å². The Balaban J connectivity index is 1.93. The zero-order valence-corrected chi connectivity index (χ0v) is 10.7. The minimum absolute atomic E-state index is 0.0655. The first-order chi connectivity index (χ1) is 8.59. The molecule has 0 heterocycles. The van der Waals surface area contributed by atoms with Gasteiger partial charge >= 0.3 is 0 Å². The molecule has 0 unspecified atom stereocenters. The second-order valence-corrected chi connectivity index (χ2v) is 5.52. The van der Waals surface area contributed by atoms with Crippen LogP contribution in [0.15, 0.2) is 24.3 Å². The Kier molecular flexibility index (Phi) is 4.36. The molecule has 2 fully saturated rings. The van der Waals surface area contributed by atoms with Gasteiger partial charge in [0, 0.05) is 12.3 Å². The van der Waals surface area contributed by atoms with Crippen molar-refractivity contribution in [2.24, 2.45) is 11.8 Å². The van der Waals surface area contributed by atoms with Crippen LogP contribution in [0, 0.1) is 11.8 Å². The second kappa shape index (κ2) is 5.81. The van der Waals surface area contributed by atoms with E-state index in [-0.39, 0.29) is 18.1 Å². The maximum Gasteiger partial charge on any atom is 0.161 e. The van der Waals surface area contributed by atoms with E-state index in [0.29, 0.717) is 11.5 Å². The molecule has 2 N–H and O–H groups in total. The van der Waals surface area contributed by atoms with Gasteiger partial charge in [-0.3, -0.25) is 4.79 Å². The maximum absolute atomic E-state index is 11.4. The molecule has 0 aromatic rings. The van der Waals surface area contributed by atoms with Gasteiger partial charge in [0.25, 0.3) is 0 Å². The van der Waals surface area contributed by atoms with Crippen molar-refractivity contribution in [2.45, 2.75) is 50.7 Å². The van der Waals surface area contributed by atoms with Crippen molar-refractivity contribution in [3.63, 3.8) is 0 Å². The molecule has 0 aliphatic heterocycles. The van der Waals surface area contributed by atoms with E-state index in [2.05, 4.69) is 6.58 Å². The van der Waals surface area contributed by atoms with E-state index in [0.717, 1.165) is 12.8 Å². The van der Waals surface area contributed by atoms with Crippen molar-refractivity contribution < 1.29 is 15.0 Å². The summed E-state index contributed by atoms with van der Waals surface area (Å²) in [6.07, 6.45) is 8.31. The van der Waals surface area contributed by atoms with E-state index in [1.54, 1.807) is 12.2 Å². The summed E-state index contributed by atoms with van der Waals surface area (Å²) in [5.41, 5.74) is 0.467. The highest BCUT2D eigenvalue weighted by Crippen LogP contribution is 2.30. The molecule has 0 amide bonds. The number of carbonyl (C=O) groups is 1. The number of aliphatic hydroxyl groups is 2. The van der Waals surface area contributed by atoms with Crippen LogP contribution in [0.3, 0.4) is 0 Å². The molecule has 100 valence electrons. The van der Waals surface area contributed by atoms with Crippen molar-refractivity contribution in [1.82, 2.24) is 0 Å². The Morgan fingerprint density at radius 1 is 1.28 bits per heavy atom. The Hall–Kier alpha value is -0.930. The Bertz CT molecular complexity index is 353. The van der Waals surface area contributed by atoms with Crippen LogP contribution in [0.2, 0.25) is 0 Å². The van der Waals surface area contributed by atoms with Crippen molar-refractivity contribution in [1.29, 1.82) is 0 Å². The average Bonchev–Trinajstić information content (AvgIpc) is 2.62. The fourth-order valence-electron chi connectivity index (χ4n) is 2.98. The van der Waals surface area contributed by atoms with Gasteiger partial charge in [-0.1, -0.05) is 38.0 Å². The SMILES string of the molecule is C=C1C(=O)C[C@@H](O)[C@@H]1/C=C/[C@@H](O)C1CCCCC1. The van der Waals surface area contributed by atoms with Gasteiger partial charge < -0.3 is 10.2 Å². The number of ketones is 1. The highest BCUT2D eigenvalue weighted by Gasteiger charge is 2.33. The highest BCUT2D eigenvalue weighted by molar-refractivity contribution is 5.98. The lowest BCUT2D eigenvalue weighted by atomic mass is 9.84. The quantitative estimate of drug-likeness (QED) is 0.595. The van der Waals surface area contributed by atoms with Crippen molar-refractivity contribution in [2.75, 3.05) is 0 Å². The minimum Gasteiger partial charge on any atom is -0.392 e. The first kappa shape index (κ1) is 13.5. The van der Waals surface area contributed by atoms with Crippen LogP contribution in [0.4, 0.5) is 0 Å². The first-order valence-corrected chi connectivity index (χ1v) is 6.86. The van der Waals surface area contributed by atoms with E-state index in [1.165, 1.54) is 19.3 Å². The number of hydrogen-bond acceptors (Lipinski definition) is 3. The lowest BCUT2D eigenvalue weighted by Crippen LogP contribution is -2.21. The molecule has 2 rings (SSSR count). The molecule has 2 aliphatic rings. The fraction of sp³-hybridized carbons (Fsp3) is 0.667. The zero-order chi connectivity index (χ0) is 13.1. The third-order valence-corrected chi connectivity index (χ3v) is 4.22. The number of rotatable bonds is 3. The lowest BCUT2D eigenvalue weighted by Gasteiger charge is -2.24. The number of hydrogen-bond donors (Lipinski definition) is 2. The molecular formula is C15H22O3. The molecule has 2 saturated carbocycles. The normalized spacial score (nSPS) is 32.3. The van der Waals surface area contributed by atoms with Crippen LogP contribution in [-0.2, 0) is 4.79 Å². The van der Waals surface area contributed by atoms with Crippen molar-refractivity contribution in [3.8, 4) is 0 Å². The molecular weight excluding hydrogens is 228 g/mol. The van der Waals surface area contributed by atoms with Gasteiger partial charge in [-0.2, -0.15) is 0 Å². The largest absolute Gasteiger partial charge is 0.392 e. The van der Waals surface area contributed by atoms with Gasteiger partial charge in [-0.25, -0.2) is 0 Å². The highest BCUT2D eigenvalue weighted by atomic mass is 16.3. The summed E-state index contributed by atoms with van der Waals surface area (Å²) in [6, 6.07) is 0. The average molecular weight is 250 g/mol. The van der Waals surface area contributed by atoms with Crippen LogP contribution in [0.1, 0.15) is 38.5 Å². The monoisotopic (exact) mass is 250 g/mol. The molecule has 0 radical (unpaired) electrons. The predicted molar refractivity (Wildman–Crippen MR) is 70.0 cm³/mol. The molecule has 3 heteroatoms. The number of aliphatic hydroxyl groups excluding tert-OH is 2. The second-order valence-electron chi connectivity index (χ2n) is 5.52. The van der Waals surface area contributed by atoms with Crippen molar-refractivity contribution in [3.05, 3.63) is 24.3 Å². The molecule has 0 saturated heterocycles. The molecule has 2 aliphatic carbocycles. The van der Waals surface area contributed by atoms with Gasteiger partial charge in [0.05, 0.1) is 12.2 Å². The lowest BCUT2D eigenvalue weighted by molar-refractivity contribution is -0.115. The predicted octanol–water partition coefficient (Wildman–Crippen LogP) is 1.99. The number of carbonyl (C=O) groups excluding carboxylic acids is 1. The Morgan fingerprint density at radius 2 is 1.94 bits per heavy atom. The summed E-state index contributed by atoms with van der Waals surface area (Å²) < 4.78 is 0. The Morgan fingerprint density at radius 3 is 2.50 bits per heavy atom. The standard InChI is InChI=1S/C15H22O3/c1-10-12(15(18)9-14(10)17)7-8-13(16)11-5-3-2-4-6-11/h7-8,11-13,15-16,18H,1-6,9H2/b8-7+/t12-,13-,15-/m1/s1.